The van der Waals surface area contributed by atoms with Gasteiger partial charge >= 0.3 is 0 Å². The summed E-state index contributed by atoms with van der Waals surface area (Å²) in [7, 11) is -2.94. The zero-order valence-electron chi connectivity index (χ0n) is 10.1. The Kier molecular flexibility index (Phi) is 3.84. The number of rotatable bonds is 4. The van der Waals surface area contributed by atoms with Crippen molar-refractivity contribution in [2.45, 2.75) is 31.1 Å². The first-order chi connectivity index (χ1) is 8.03. The van der Waals surface area contributed by atoms with E-state index in [1.165, 1.54) is 24.7 Å². The fraction of sp³-hybridized carbons (Fsp3) is 0.538. The maximum atomic E-state index is 11.2. The van der Waals surface area contributed by atoms with E-state index in [0.29, 0.717) is 6.04 Å². The van der Waals surface area contributed by atoms with Crippen LogP contribution in [-0.2, 0) is 22.0 Å². The first-order valence-electron chi connectivity index (χ1n) is 6.02. The van der Waals surface area contributed by atoms with Gasteiger partial charge < -0.3 is 5.32 Å². The summed E-state index contributed by atoms with van der Waals surface area (Å²) in [4.78, 5) is 0. The SMILES string of the molecule is CS(=O)(=O)Cc1cccc(CC2CCCN2)c1. The highest BCUT2D eigenvalue weighted by Gasteiger charge is 2.14. The van der Waals surface area contributed by atoms with Gasteiger partial charge in [0.2, 0.25) is 0 Å². The molecule has 0 radical (unpaired) electrons. The van der Waals surface area contributed by atoms with E-state index in [4.69, 9.17) is 0 Å². The van der Waals surface area contributed by atoms with Crippen molar-refractivity contribution in [2.24, 2.45) is 0 Å². The number of benzene rings is 1. The minimum atomic E-state index is -2.94. The zero-order valence-corrected chi connectivity index (χ0v) is 11.0. The van der Waals surface area contributed by atoms with E-state index in [1.807, 2.05) is 18.2 Å². The molecular weight excluding hydrogens is 234 g/mol. The second kappa shape index (κ2) is 5.19. The van der Waals surface area contributed by atoms with E-state index in [0.717, 1.165) is 18.5 Å². The Hall–Kier alpha value is -0.870. The van der Waals surface area contributed by atoms with Crippen LogP contribution in [0.15, 0.2) is 24.3 Å². The molecule has 1 N–H and O–H groups in total. The highest BCUT2D eigenvalue weighted by Crippen LogP contribution is 2.14. The van der Waals surface area contributed by atoms with Crippen molar-refractivity contribution >= 4 is 9.84 Å². The first kappa shape index (κ1) is 12.6. The Labute approximate surface area is 103 Å². The van der Waals surface area contributed by atoms with E-state index < -0.39 is 9.84 Å². The summed E-state index contributed by atoms with van der Waals surface area (Å²) < 4.78 is 22.5. The number of nitrogens with one attached hydrogen (secondary N) is 1. The van der Waals surface area contributed by atoms with Crippen molar-refractivity contribution in [3.8, 4) is 0 Å². The maximum absolute atomic E-state index is 11.2. The number of hydrogen-bond donors (Lipinski definition) is 1. The third kappa shape index (κ3) is 4.13. The van der Waals surface area contributed by atoms with Crippen molar-refractivity contribution in [1.82, 2.24) is 5.32 Å². The molecule has 0 amide bonds. The Morgan fingerprint density at radius 1 is 1.35 bits per heavy atom. The predicted octanol–water partition coefficient (Wildman–Crippen LogP) is 1.53. The van der Waals surface area contributed by atoms with Gasteiger partial charge in [0.15, 0.2) is 9.84 Å². The van der Waals surface area contributed by atoms with Gasteiger partial charge in [-0.3, -0.25) is 0 Å². The van der Waals surface area contributed by atoms with Crippen LogP contribution in [-0.4, -0.2) is 27.3 Å². The highest BCUT2D eigenvalue weighted by atomic mass is 32.2. The Balaban J connectivity index is 2.05. The summed E-state index contributed by atoms with van der Waals surface area (Å²) >= 11 is 0. The van der Waals surface area contributed by atoms with Gasteiger partial charge in [0.05, 0.1) is 5.75 Å². The van der Waals surface area contributed by atoms with E-state index in [-0.39, 0.29) is 5.75 Å². The lowest BCUT2D eigenvalue weighted by Crippen LogP contribution is -2.23. The maximum Gasteiger partial charge on any atom is 0.151 e. The van der Waals surface area contributed by atoms with Crippen LogP contribution in [0.25, 0.3) is 0 Å². The van der Waals surface area contributed by atoms with Crippen molar-refractivity contribution < 1.29 is 8.42 Å². The molecule has 1 aromatic rings. The molecule has 17 heavy (non-hydrogen) atoms. The molecular formula is C13H19NO2S. The molecule has 1 aromatic carbocycles. The smallest absolute Gasteiger partial charge is 0.151 e. The molecule has 0 spiro atoms. The van der Waals surface area contributed by atoms with Crippen molar-refractivity contribution in [3.63, 3.8) is 0 Å². The molecule has 94 valence electrons. The molecule has 0 bridgehead atoms. The molecule has 4 heteroatoms. The van der Waals surface area contributed by atoms with E-state index >= 15 is 0 Å². The molecule has 1 heterocycles. The predicted molar refractivity (Wildman–Crippen MR) is 69.7 cm³/mol. The molecule has 0 aromatic heterocycles. The molecule has 0 saturated carbocycles. The lowest BCUT2D eigenvalue weighted by molar-refractivity contribution is 0.600. The molecule has 1 saturated heterocycles. The van der Waals surface area contributed by atoms with Crippen molar-refractivity contribution in [1.29, 1.82) is 0 Å². The topological polar surface area (TPSA) is 46.2 Å². The van der Waals surface area contributed by atoms with Gasteiger partial charge in [0.1, 0.15) is 0 Å². The van der Waals surface area contributed by atoms with Gasteiger partial charge in [-0.05, 0) is 36.9 Å². The molecule has 3 nitrogen and oxygen atoms in total. The van der Waals surface area contributed by atoms with Crippen LogP contribution < -0.4 is 5.32 Å². The van der Waals surface area contributed by atoms with Crippen LogP contribution in [0.5, 0.6) is 0 Å². The van der Waals surface area contributed by atoms with Gasteiger partial charge in [0, 0.05) is 12.3 Å². The summed E-state index contributed by atoms with van der Waals surface area (Å²) in [6.45, 7) is 1.10. The standard InChI is InChI=1S/C13H19NO2S/c1-17(15,16)10-12-5-2-4-11(8-12)9-13-6-3-7-14-13/h2,4-5,8,13-14H,3,6-7,9-10H2,1H3. The fourth-order valence-corrected chi connectivity index (χ4v) is 3.15. The minimum Gasteiger partial charge on any atom is -0.314 e. The molecule has 1 fully saturated rings. The first-order valence-corrected chi connectivity index (χ1v) is 8.08. The van der Waals surface area contributed by atoms with Gasteiger partial charge in [-0.25, -0.2) is 8.42 Å². The average Bonchev–Trinajstić information content (AvgIpc) is 2.68. The van der Waals surface area contributed by atoms with Crippen LogP contribution in [0.3, 0.4) is 0 Å². The Morgan fingerprint density at radius 3 is 2.76 bits per heavy atom. The van der Waals surface area contributed by atoms with Crippen LogP contribution in [0, 0.1) is 0 Å². The second-order valence-electron chi connectivity index (χ2n) is 4.89. The summed E-state index contributed by atoms with van der Waals surface area (Å²) in [5.41, 5.74) is 2.12. The lowest BCUT2D eigenvalue weighted by atomic mass is 10.0. The fourth-order valence-electron chi connectivity index (χ4n) is 2.36. The molecule has 2 rings (SSSR count). The monoisotopic (exact) mass is 253 g/mol. The van der Waals surface area contributed by atoms with Crippen molar-refractivity contribution in [3.05, 3.63) is 35.4 Å². The third-order valence-electron chi connectivity index (χ3n) is 3.06. The largest absolute Gasteiger partial charge is 0.314 e. The Morgan fingerprint density at radius 2 is 2.12 bits per heavy atom. The summed E-state index contributed by atoms with van der Waals surface area (Å²) in [6.07, 6.45) is 4.74. The van der Waals surface area contributed by atoms with Crippen LogP contribution >= 0.6 is 0 Å². The number of hydrogen-bond acceptors (Lipinski definition) is 3. The van der Waals surface area contributed by atoms with Crippen LogP contribution in [0.2, 0.25) is 0 Å². The number of sulfone groups is 1. The van der Waals surface area contributed by atoms with Crippen LogP contribution in [0.4, 0.5) is 0 Å². The van der Waals surface area contributed by atoms with Gasteiger partial charge in [-0.2, -0.15) is 0 Å². The molecule has 1 unspecified atom stereocenters. The highest BCUT2D eigenvalue weighted by molar-refractivity contribution is 7.89. The summed E-state index contributed by atoms with van der Waals surface area (Å²) in [6, 6.07) is 8.48. The second-order valence-corrected chi connectivity index (χ2v) is 7.03. The van der Waals surface area contributed by atoms with Gasteiger partial charge in [-0.1, -0.05) is 24.3 Å². The van der Waals surface area contributed by atoms with E-state index in [2.05, 4.69) is 11.4 Å². The molecule has 1 aliphatic heterocycles. The molecule has 0 aliphatic carbocycles. The van der Waals surface area contributed by atoms with Crippen molar-refractivity contribution in [2.75, 3.05) is 12.8 Å². The Bertz CT molecular complexity index is 476. The van der Waals surface area contributed by atoms with Gasteiger partial charge in [-0.15, -0.1) is 0 Å². The summed E-state index contributed by atoms with van der Waals surface area (Å²) in [5.74, 6) is 0.138. The van der Waals surface area contributed by atoms with E-state index in [9.17, 15) is 8.42 Å². The van der Waals surface area contributed by atoms with Gasteiger partial charge in [0.25, 0.3) is 0 Å². The lowest BCUT2D eigenvalue weighted by Gasteiger charge is -2.10. The minimum absolute atomic E-state index is 0.138. The normalized spacial score (nSPS) is 20.6. The van der Waals surface area contributed by atoms with Crippen LogP contribution in [0.1, 0.15) is 24.0 Å². The summed E-state index contributed by atoms with van der Waals surface area (Å²) in [5, 5.41) is 3.45. The van der Waals surface area contributed by atoms with E-state index in [1.54, 1.807) is 0 Å². The zero-order chi connectivity index (χ0) is 12.3. The molecule has 1 aliphatic rings. The third-order valence-corrected chi connectivity index (χ3v) is 3.92. The molecule has 1 atom stereocenters. The quantitative estimate of drug-likeness (QED) is 0.885. The average molecular weight is 253 g/mol.